The number of benzene rings is 1. The van der Waals surface area contributed by atoms with Gasteiger partial charge in [0.15, 0.2) is 0 Å². The van der Waals surface area contributed by atoms with Crippen molar-refractivity contribution in [2.24, 2.45) is 0 Å². The molecule has 1 aromatic carbocycles. The van der Waals surface area contributed by atoms with E-state index in [4.69, 9.17) is 0 Å². The van der Waals surface area contributed by atoms with Gasteiger partial charge in [-0.3, -0.25) is 4.79 Å². The predicted molar refractivity (Wildman–Crippen MR) is 86.9 cm³/mol. The summed E-state index contributed by atoms with van der Waals surface area (Å²) in [6.45, 7) is 3.04. The van der Waals surface area contributed by atoms with Gasteiger partial charge in [0.05, 0.1) is 21.7 Å². The average Bonchev–Trinajstić information content (AvgIpc) is 2.95. The molecule has 0 radical (unpaired) electrons. The van der Waals surface area contributed by atoms with E-state index in [0.29, 0.717) is 13.1 Å². The topological polar surface area (TPSA) is 40.5 Å². The molecule has 3 rings (SSSR count). The Kier molecular flexibility index (Phi) is 4.33. The molecule has 0 spiro atoms. The zero-order valence-corrected chi connectivity index (χ0v) is 13.4. The zero-order valence-electron chi connectivity index (χ0n) is 11.8. The number of nitrogens with zero attached hydrogens (tertiary/aromatic N) is 1. The lowest BCUT2D eigenvalue weighted by Gasteiger charge is -2.31. The first-order chi connectivity index (χ1) is 10.2. The minimum atomic E-state index is -0.594. The fourth-order valence-corrected chi connectivity index (χ4v) is 4.56. The van der Waals surface area contributed by atoms with Crippen LogP contribution in [-0.4, -0.2) is 28.2 Å². The average molecular weight is 319 g/mol. The third kappa shape index (κ3) is 3.00. The summed E-state index contributed by atoms with van der Waals surface area (Å²) in [5.41, 5.74) is 1.97. The Labute approximate surface area is 132 Å². The molecule has 110 valence electrons. The largest absolute Gasteiger partial charge is 0.387 e. The maximum absolute atomic E-state index is 12.6. The second-order valence-electron chi connectivity index (χ2n) is 4.95. The Morgan fingerprint density at radius 2 is 2.19 bits per heavy atom. The number of hydrogen-bond donors (Lipinski definition) is 1. The first-order valence-corrected chi connectivity index (χ1v) is 8.77. The molecule has 1 N–H and O–H groups in total. The van der Waals surface area contributed by atoms with Crippen LogP contribution in [0.4, 0.5) is 0 Å². The highest BCUT2D eigenvalue weighted by molar-refractivity contribution is 8.01. The van der Waals surface area contributed by atoms with Gasteiger partial charge < -0.3 is 10.0 Å². The van der Waals surface area contributed by atoms with Gasteiger partial charge in [-0.1, -0.05) is 31.2 Å². The molecule has 1 aliphatic rings. The van der Waals surface area contributed by atoms with Crippen molar-refractivity contribution in [2.45, 2.75) is 23.8 Å². The number of thiophene rings is 1. The van der Waals surface area contributed by atoms with Crippen LogP contribution in [-0.2, 0) is 6.54 Å². The summed E-state index contributed by atoms with van der Waals surface area (Å²) >= 11 is 3.28. The fourth-order valence-electron chi connectivity index (χ4n) is 2.55. The van der Waals surface area contributed by atoms with Gasteiger partial charge in [0.25, 0.3) is 5.91 Å². The van der Waals surface area contributed by atoms with E-state index in [-0.39, 0.29) is 5.91 Å². The predicted octanol–water partition coefficient (Wildman–Crippen LogP) is 3.55. The summed E-state index contributed by atoms with van der Waals surface area (Å²) < 4.78 is 1.17. The Morgan fingerprint density at radius 3 is 3.00 bits per heavy atom. The molecule has 3 nitrogen and oxygen atoms in total. The fraction of sp³-hybridized carbons (Fsp3) is 0.312. The van der Waals surface area contributed by atoms with Crippen LogP contribution in [0.25, 0.3) is 0 Å². The quantitative estimate of drug-likeness (QED) is 0.880. The van der Waals surface area contributed by atoms with Crippen molar-refractivity contribution in [3.63, 3.8) is 0 Å². The SMILES string of the molecule is CCSc1ccc(C(=O)N2Cc3ccccc3[C@H](O)C2)s1. The van der Waals surface area contributed by atoms with Crippen LogP contribution >= 0.6 is 23.1 Å². The molecule has 21 heavy (non-hydrogen) atoms. The summed E-state index contributed by atoms with van der Waals surface area (Å²) in [6, 6.07) is 11.7. The van der Waals surface area contributed by atoms with Crippen LogP contribution in [0.5, 0.6) is 0 Å². The minimum Gasteiger partial charge on any atom is -0.387 e. The molecule has 0 saturated heterocycles. The van der Waals surface area contributed by atoms with Crippen LogP contribution in [0, 0.1) is 0 Å². The molecule has 5 heteroatoms. The van der Waals surface area contributed by atoms with Crippen molar-refractivity contribution in [3.05, 3.63) is 52.4 Å². The molecular weight excluding hydrogens is 302 g/mol. The van der Waals surface area contributed by atoms with Crippen molar-refractivity contribution < 1.29 is 9.90 Å². The van der Waals surface area contributed by atoms with Crippen LogP contribution in [0.15, 0.2) is 40.6 Å². The van der Waals surface area contributed by atoms with E-state index >= 15 is 0 Å². The number of carbonyl (C=O) groups excluding carboxylic acids is 1. The summed E-state index contributed by atoms with van der Waals surface area (Å²) in [4.78, 5) is 15.1. The van der Waals surface area contributed by atoms with Crippen molar-refractivity contribution >= 4 is 29.0 Å². The first kappa shape index (κ1) is 14.6. The number of β-amino-alcohol motifs (C(OH)–C–C–N with tert-alkyl or cyclic N) is 1. The third-order valence-corrected chi connectivity index (χ3v) is 5.72. The minimum absolute atomic E-state index is 0.0107. The molecule has 2 aromatic rings. The van der Waals surface area contributed by atoms with E-state index < -0.39 is 6.10 Å². The van der Waals surface area contributed by atoms with Gasteiger partial charge in [-0.2, -0.15) is 0 Å². The Hall–Kier alpha value is -1.30. The van der Waals surface area contributed by atoms with Gasteiger partial charge in [0.2, 0.25) is 0 Å². The molecule has 1 amide bonds. The van der Waals surface area contributed by atoms with Gasteiger partial charge in [0, 0.05) is 6.54 Å². The highest BCUT2D eigenvalue weighted by Crippen LogP contribution is 2.31. The summed E-state index contributed by atoms with van der Waals surface area (Å²) in [5.74, 6) is 1.01. The number of thioether (sulfide) groups is 1. The monoisotopic (exact) mass is 319 g/mol. The molecule has 1 aromatic heterocycles. The van der Waals surface area contributed by atoms with E-state index in [1.807, 2.05) is 36.4 Å². The highest BCUT2D eigenvalue weighted by atomic mass is 32.2. The lowest BCUT2D eigenvalue weighted by atomic mass is 9.97. The van der Waals surface area contributed by atoms with E-state index in [0.717, 1.165) is 21.8 Å². The molecule has 0 unspecified atom stereocenters. The third-order valence-electron chi connectivity index (χ3n) is 3.53. The smallest absolute Gasteiger partial charge is 0.264 e. The van der Waals surface area contributed by atoms with Crippen LogP contribution in [0.1, 0.15) is 33.8 Å². The molecule has 1 aliphatic heterocycles. The molecule has 0 bridgehead atoms. The van der Waals surface area contributed by atoms with Crippen LogP contribution in [0.3, 0.4) is 0 Å². The summed E-state index contributed by atoms with van der Waals surface area (Å²) in [5, 5.41) is 10.2. The number of amides is 1. The molecule has 0 saturated carbocycles. The van der Waals surface area contributed by atoms with Crippen molar-refractivity contribution in [1.82, 2.24) is 4.90 Å². The molecular formula is C16H17NO2S2. The lowest BCUT2D eigenvalue weighted by Crippen LogP contribution is -2.37. The highest BCUT2D eigenvalue weighted by Gasteiger charge is 2.27. The maximum Gasteiger partial charge on any atom is 0.264 e. The van der Waals surface area contributed by atoms with Gasteiger partial charge in [-0.25, -0.2) is 0 Å². The molecule has 0 fully saturated rings. The van der Waals surface area contributed by atoms with Gasteiger partial charge in [0.1, 0.15) is 0 Å². The first-order valence-electron chi connectivity index (χ1n) is 6.97. The van der Waals surface area contributed by atoms with E-state index in [1.165, 1.54) is 15.5 Å². The van der Waals surface area contributed by atoms with E-state index in [9.17, 15) is 9.90 Å². The number of aliphatic hydroxyl groups is 1. The molecule has 1 atom stereocenters. The van der Waals surface area contributed by atoms with Gasteiger partial charge >= 0.3 is 0 Å². The van der Waals surface area contributed by atoms with Crippen molar-refractivity contribution in [3.8, 4) is 0 Å². The van der Waals surface area contributed by atoms with Crippen molar-refractivity contribution in [1.29, 1.82) is 0 Å². The standard InChI is InChI=1S/C16H17NO2S2/c1-2-20-15-8-7-14(21-15)16(19)17-9-11-5-3-4-6-12(11)13(18)10-17/h3-8,13,18H,2,9-10H2,1H3/t13-/m1/s1. The van der Waals surface area contributed by atoms with Crippen LogP contribution in [0.2, 0.25) is 0 Å². The summed E-state index contributed by atoms with van der Waals surface area (Å²) in [6.07, 6.45) is -0.594. The van der Waals surface area contributed by atoms with E-state index in [1.54, 1.807) is 16.7 Å². The number of rotatable bonds is 3. The molecule has 0 aliphatic carbocycles. The lowest BCUT2D eigenvalue weighted by molar-refractivity contribution is 0.0554. The number of carbonyl (C=O) groups is 1. The van der Waals surface area contributed by atoms with Crippen LogP contribution < -0.4 is 0 Å². The van der Waals surface area contributed by atoms with Gasteiger partial charge in [-0.15, -0.1) is 23.1 Å². The number of hydrogen-bond acceptors (Lipinski definition) is 4. The number of aliphatic hydroxyl groups excluding tert-OH is 1. The number of fused-ring (bicyclic) bond motifs is 1. The Balaban J connectivity index is 1.80. The molecule has 2 heterocycles. The van der Waals surface area contributed by atoms with E-state index in [2.05, 4.69) is 6.92 Å². The Morgan fingerprint density at radius 1 is 1.38 bits per heavy atom. The second kappa shape index (κ2) is 6.22. The second-order valence-corrected chi connectivity index (χ2v) is 7.60. The maximum atomic E-state index is 12.6. The van der Waals surface area contributed by atoms with Crippen molar-refractivity contribution in [2.75, 3.05) is 12.3 Å². The van der Waals surface area contributed by atoms with Gasteiger partial charge in [-0.05, 0) is 29.0 Å². The Bertz CT molecular complexity index is 653. The summed E-state index contributed by atoms with van der Waals surface area (Å²) in [7, 11) is 0. The zero-order chi connectivity index (χ0) is 14.8. The normalized spacial score (nSPS) is 17.6.